The Balaban J connectivity index is 2.83. The van der Waals surface area contributed by atoms with Gasteiger partial charge in [-0.15, -0.1) is 0 Å². The fourth-order valence-electron chi connectivity index (χ4n) is 1.01. The Morgan fingerprint density at radius 1 is 1.62 bits per heavy atom. The molecule has 0 saturated heterocycles. The molecule has 0 aliphatic carbocycles. The zero-order valence-electron chi connectivity index (χ0n) is 7.14. The summed E-state index contributed by atoms with van der Waals surface area (Å²) in [6.45, 7) is 0.0274. The summed E-state index contributed by atoms with van der Waals surface area (Å²) in [7, 11) is 0. The Hall–Kier alpha value is -1.44. The molecule has 1 aromatic heterocycles. The molecule has 13 heavy (non-hydrogen) atoms. The van der Waals surface area contributed by atoms with Crippen LogP contribution in [0.25, 0.3) is 0 Å². The van der Waals surface area contributed by atoms with E-state index in [2.05, 4.69) is 4.98 Å². The molecule has 4 nitrogen and oxygen atoms in total. The highest BCUT2D eigenvalue weighted by Gasteiger charge is 2.06. The maximum atomic E-state index is 8.65. The predicted octanol–water partition coefficient (Wildman–Crippen LogP) is 0.335. The van der Waals surface area contributed by atoms with Crippen molar-refractivity contribution in [2.45, 2.75) is 12.5 Å². The largest absolute Gasteiger partial charge is 0.396 e. The van der Waals surface area contributed by atoms with Gasteiger partial charge < -0.3 is 10.8 Å². The Bertz CT molecular complexity index is 319. The number of nitrogens with zero attached hydrogens (tertiary/aromatic N) is 2. The van der Waals surface area contributed by atoms with Crippen molar-refractivity contribution in [3.05, 3.63) is 29.6 Å². The molecule has 3 N–H and O–H groups in total. The second-order valence-corrected chi connectivity index (χ2v) is 2.68. The van der Waals surface area contributed by atoms with Crippen LogP contribution in [0.3, 0.4) is 0 Å². The number of hydrogen-bond acceptors (Lipinski definition) is 4. The number of pyridine rings is 1. The molecule has 0 aliphatic rings. The van der Waals surface area contributed by atoms with Crippen LogP contribution in [-0.2, 0) is 0 Å². The molecular formula is C9H11N3O. The van der Waals surface area contributed by atoms with E-state index in [1.165, 1.54) is 0 Å². The van der Waals surface area contributed by atoms with Gasteiger partial charge >= 0.3 is 0 Å². The summed E-state index contributed by atoms with van der Waals surface area (Å²) < 4.78 is 0. The Morgan fingerprint density at radius 3 is 3.00 bits per heavy atom. The predicted molar refractivity (Wildman–Crippen MR) is 47.6 cm³/mol. The minimum Gasteiger partial charge on any atom is -0.396 e. The summed E-state index contributed by atoms with van der Waals surface area (Å²) in [5.74, 6) is 0. The van der Waals surface area contributed by atoms with Crippen molar-refractivity contribution in [3.63, 3.8) is 0 Å². The van der Waals surface area contributed by atoms with E-state index in [1.807, 2.05) is 6.07 Å². The van der Waals surface area contributed by atoms with Gasteiger partial charge in [-0.05, 0) is 18.6 Å². The van der Waals surface area contributed by atoms with Crippen molar-refractivity contribution >= 4 is 0 Å². The molecule has 0 aliphatic heterocycles. The summed E-state index contributed by atoms with van der Waals surface area (Å²) in [5.41, 5.74) is 6.70. The standard InChI is InChI=1S/C9H11N3O/c10-6-7-2-1-3-9(12-7)8(11)4-5-13/h1-3,8,13H,4-5,11H2/t8-/m0/s1. The van der Waals surface area contributed by atoms with Gasteiger partial charge in [-0.3, -0.25) is 0 Å². The van der Waals surface area contributed by atoms with Crippen LogP contribution >= 0.6 is 0 Å². The van der Waals surface area contributed by atoms with Crippen LogP contribution in [0.5, 0.6) is 0 Å². The molecule has 68 valence electrons. The van der Waals surface area contributed by atoms with Crippen LogP contribution in [0.4, 0.5) is 0 Å². The van der Waals surface area contributed by atoms with Gasteiger partial charge in [0.2, 0.25) is 0 Å². The smallest absolute Gasteiger partial charge is 0.140 e. The number of nitrogens with two attached hydrogens (primary N) is 1. The number of aromatic nitrogens is 1. The lowest BCUT2D eigenvalue weighted by molar-refractivity contribution is 0.275. The highest BCUT2D eigenvalue weighted by Crippen LogP contribution is 2.10. The average Bonchev–Trinajstić information content (AvgIpc) is 2.18. The molecule has 0 bridgehead atoms. The minimum atomic E-state index is -0.293. The van der Waals surface area contributed by atoms with Crippen molar-refractivity contribution in [2.75, 3.05) is 6.61 Å². The zero-order valence-corrected chi connectivity index (χ0v) is 7.14. The zero-order chi connectivity index (χ0) is 9.68. The van der Waals surface area contributed by atoms with Crippen molar-refractivity contribution in [2.24, 2.45) is 5.73 Å². The van der Waals surface area contributed by atoms with Crippen LogP contribution in [-0.4, -0.2) is 16.7 Å². The van der Waals surface area contributed by atoms with Crippen LogP contribution in [0.1, 0.15) is 23.9 Å². The van der Waals surface area contributed by atoms with Crippen molar-refractivity contribution in [1.29, 1.82) is 5.26 Å². The number of nitriles is 1. The topological polar surface area (TPSA) is 82.9 Å². The van der Waals surface area contributed by atoms with Crippen molar-refractivity contribution < 1.29 is 5.11 Å². The number of aliphatic hydroxyl groups excluding tert-OH is 1. The fourth-order valence-corrected chi connectivity index (χ4v) is 1.01. The van der Waals surface area contributed by atoms with Gasteiger partial charge in [-0.25, -0.2) is 4.98 Å². The van der Waals surface area contributed by atoms with Crippen LogP contribution in [0.15, 0.2) is 18.2 Å². The second-order valence-electron chi connectivity index (χ2n) is 2.68. The molecule has 0 unspecified atom stereocenters. The summed E-state index contributed by atoms with van der Waals surface area (Å²) in [4.78, 5) is 4.01. The van der Waals surface area contributed by atoms with E-state index in [4.69, 9.17) is 16.1 Å². The van der Waals surface area contributed by atoms with Crippen LogP contribution in [0, 0.1) is 11.3 Å². The van der Waals surface area contributed by atoms with Gasteiger partial charge in [0, 0.05) is 12.6 Å². The molecule has 0 fully saturated rings. The first-order valence-corrected chi connectivity index (χ1v) is 4.01. The first-order chi connectivity index (χ1) is 6.27. The molecule has 1 aromatic rings. The van der Waals surface area contributed by atoms with E-state index < -0.39 is 0 Å². The van der Waals surface area contributed by atoms with E-state index in [0.717, 1.165) is 0 Å². The van der Waals surface area contributed by atoms with E-state index in [-0.39, 0.29) is 12.6 Å². The van der Waals surface area contributed by atoms with Gasteiger partial charge in [-0.2, -0.15) is 5.26 Å². The number of hydrogen-bond donors (Lipinski definition) is 2. The lowest BCUT2D eigenvalue weighted by Gasteiger charge is -2.08. The van der Waals surface area contributed by atoms with Gasteiger partial charge in [0.05, 0.1) is 5.69 Å². The summed E-state index contributed by atoms with van der Waals surface area (Å²) in [5, 5.41) is 17.2. The third-order valence-corrected chi connectivity index (χ3v) is 1.71. The third-order valence-electron chi connectivity index (χ3n) is 1.71. The van der Waals surface area contributed by atoms with Crippen LogP contribution in [0.2, 0.25) is 0 Å². The normalized spacial score (nSPS) is 12.1. The Morgan fingerprint density at radius 2 is 2.38 bits per heavy atom. The average molecular weight is 177 g/mol. The van der Waals surface area contributed by atoms with E-state index in [1.54, 1.807) is 18.2 Å². The maximum Gasteiger partial charge on any atom is 0.140 e. The third kappa shape index (κ3) is 2.51. The Labute approximate surface area is 76.6 Å². The Kier molecular flexibility index (Phi) is 3.38. The van der Waals surface area contributed by atoms with Gasteiger partial charge in [0.1, 0.15) is 11.8 Å². The fraction of sp³-hybridized carbons (Fsp3) is 0.333. The second kappa shape index (κ2) is 4.55. The number of aliphatic hydroxyl groups is 1. The molecule has 0 radical (unpaired) electrons. The first-order valence-electron chi connectivity index (χ1n) is 4.01. The van der Waals surface area contributed by atoms with Crippen molar-refractivity contribution in [3.8, 4) is 6.07 Å². The minimum absolute atomic E-state index is 0.0274. The lowest BCUT2D eigenvalue weighted by atomic mass is 10.1. The molecule has 0 spiro atoms. The quantitative estimate of drug-likeness (QED) is 0.697. The molecule has 1 heterocycles. The van der Waals surface area contributed by atoms with E-state index in [9.17, 15) is 0 Å². The monoisotopic (exact) mass is 177 g/mol. The van der Waals surface area contributed by atoms with E-state index in [0.29, 0.717) is 17.8 Å². The van der Waals surface area contributed by atoms with Gasteiger partial charge in [0.15, 0.2) is 0 Å². The van der Waals surface area contributed by atoms with Gasteiger partial charge in [0.25, 0.3) is 0 Å². The highest BCUT2D eigenvalue weighted by atomic mass is 16.3. The summed E-state index contributed by atoms with van der Waals surface area (Å²) in [6.07, 6.45) is 0.460. The summed E-state index contributed by atoms with van der Waals surface area (Å²) in [6, 6.07) is 6.75. The lowest BCUT2D eigenvalue weighted by Crippen LogP contribution is -2.13. The molecule has 0 saturated carbocycles. The highest BCUT2D eigenvalue weighted by molar-refractivity contribution is 5.23. The molecule has 1 rings (SSSR count). The van der Waals surface area contributed by atoms with Gasteiger partial charge in [-0.1, -0.05) is 6.07 Å². The summed E-state index contributed by atoms with van der Waals surface area (Å²) >= 11 is 0. The SMILES string of the molecule is N#Cc1cccc([C@@H](N)CCO)n1. The molecule has 0 amide bonds. The molecule has 4 heteroatoms. The van der Waals surface area contributed by atoms with Crippen molar-refractivity contribution in [1.82, 2.24) is 4.98 Å². The molecular weight excluding hydrogens is 166 g/mol. The number of rotatable bonds is 3. The van der Waals surface area contributed by atoms with Crippen LogP contribution < -0.4 is 5.73 Å². The molecule has 0 aromatic carbocycles. The van der Waals surface area contributed by atoms with E-state index >= 15 is 0 Å². The molecule has 1 atom stereocenters. The first kappa shape index (κ1) is 9.65. The maximum absolute atomic E-state index is 8.65.